The molecule has 0 bridgehead atoms. The Labute approximate surface area is 160 Å². The van der Waals surface area contributed by atoms with Crippen molar-refractivity contribution in [1.82, 2.24) is 0 Å². The van der Waals surface area contributed by atoms with Gasteiger partial charge < -0.3 is 24.3 Å². The molecule has 0 fully saturated rings. The third-order valence-electron chi connectivity index (χ3n) is 3.40. The number of hydrogen-bond acceptors (Lipinski definition) is 6. The first kappa shape index (κ1) is 20.9. The summed E-state index contributed by atoms with van der Waals surface area (Å²) in [6.07, 6.45) is 0. The predicted octanol–water partition coefficient (Wildman–Crippen LogP) is 3.49. The zero-order valence-corrected chi connectivity index (χ0v) is 15.2. The van der Waals surface area contributed by atoms with E-state index in [9.17, 15) is 18.4 Å². The summed E-state index contributed by atoms with van der Waals surface area (Å²) in [5.41, 5.74) is 0.538. The van der Waals surface area contributed by atoms with Crippen molar-refractivity contribution in [1.29, 1.82) is 0 Å². The van der Waals surface area contributed by atoms with Gasteiger partial charge in [0.25, 0.3) is 5.91 Å². The quantitative estimate of drug-likeness (QED) is 0.655. The number of anilines is 1. The number of benzene rings is 2. The van der Waals surface area contributed by atoms with Crippen LogP contribution in [-0.4, -0.2) is 38.8 Å². The first-order valence-corrected chi connectivity index (χ1v) is 8.25. The number of carbonyl (C=O) groups is 2. The van der Waals surface area contributed by atoms with E-state index in [1.807, 2.05) is 0 Å². The van der Waals surface area contributed by atoms with Crippen LogP contribution in [0.15, 0.2) is 42.5 Å². The number of amides is 1. The summed E-state index contributed by atoms with van der Waals surface area (Å²) in [7, 11) is 1.52. The molecule has 28 heavy (non-hydrogen) atoms. The molecule has 7 nitrogen and oxygen atoms in total. The van der Waals surface area contributed by atoms with Crippen molar-refractivity contribution in [2.75, 3.05) is 25.6 Å². The van der Waals surface area contributed by atoms with Gasteiger partial charge in [0.2, 0.25) is 0 Å². The lowest BCUT2D eigenvalue weighted by atomic mass is 10.2. The second kappa shape index (κ2) is 10.1. The fourth-order valence-corrected chi connectivity index (χ4v) is 2.18. The highest BCUT2D eigenvalue weighted by atomic mass is 19.3. The van der Waals surface area contributed by atoms with E-state index in [0.29, 0.717) is 11.4 Å². The molecule has 150 valence electrons. The molecule has 0 unspecified atom stereocenters. The van der Waals surface area contributed by atoms with Crippen molar-refractivity contribution < 1.29 is 37.3 Å². The van der Waals surface area contributed by atoms with Crippen LogP contribution in [0.4, 0.5) is 14.5 Å². The molecule has 2 rings (SSSR count). The Morgan fingerprint density at radius 3 is 2.39 bits per heavy atom. The van der Waals surface area contributed by atoms with E-state index in [1.165, 1.54) is 25.3 Å². The molecule has 9 heteroatoms. The number of carbonyl (C=O) groups excluding carboxylic acids is 2. The number of methoxy groups -OCH3 is 1. The third-order valence-corrected chi connectivity index (χ3v) is 3.40. The first-order chi connectivity index (χ1) is 13.4. The van der Waals surface area contributed by atoms with Crippen molar-refractivity contribution in [2.24, 2.45) is 0 Å². The zero-order chi connectivity index (χ0) is 20.5. The van der Waals surface area contributed by atoms with Crippen LogP contribution in [0.2, 0.25) is 0 Å². The molecule has 0 radical (unpaired) electrons. The summed E-state index contributed by atoms with van der Waals surface area (Å²) in [6.45, 7) is -1.72. The Balaban J connectivity index is 1.95. The maximum Gasteiger partial charge on any atom is 0.387 e. The molecular weight excluding hydrogens is 376 g/mol. The minimum absolute atomic E-state index is 0.0278. The second-order valence-electron chi connectivity index (χ2n) is 5.33. The molecule has 0 aliphatic rings. The summed E-state index contributed by atoms with van der Waals surface area (Å²) in [5.74, 6) is -0.949. The van der Waals surface area contributed by atoms with Crippen LogP contribution in [-0.2, 0) is 9.53 Å². The van der Waals surface area contributed by atoms with Gasteiger partial charge >= 0.3 is 12.6 Å². The zero-order valence-electron chi connectivity index (χ0n) is 15.2. The summed E-state index contributed by atoms with van der Waals surface area (Å²) >= 11 is 0. The smallest absolute Gasteiger partial charge is 0.387 e. The summed E-state index contributed by atoms with van der Waals surface area (Å²) in [4.78, 5) is 24.0. The van der Waals surface area contributed by atoms with Crippen LogP contribution < -0.4 is 19.5 Å². The normalized spacial score (nSPS) is 10.3. The van der Waals surface area contributed by atoms with E-state index < -0.39 is 25.1 Å². The van der Waals surface area contributed by atoms with Crippen molar-refractivity contribution >= 4 is 17.6 Å². The van der Waals surface area contributed by atoms with Gasteiger partial charge in [-0.25, -0.2) is 4.79 Å². The van der Waals surface area contributed by atoms with Gasteiger partial charge in [-0.1, -0.05) is 0 Å². The van der Waals surface area contributed by atoms with Gasteiger partial charge in [-0.05, 0) is 49.4 Å². The van der Waals surface area contributed by atoms with E-state index in [2.05, 4.69) is 10.1 Å². The molecule has 0 heterocycles. The Morgan fingerprint density at radius 1 is 1.07 bits per heavy atom. The van der Waals surface area contributed by atoms with Crippen LogP contribution in [0.1, 0.15) is 17.3 Å². The molecule has 0 atom stereocenters. The van der Waals surface area contributed by atoms with E-state index in [-0.39, 0.29) is 23.7 Å². The standard InChI is InChI=1S/C19H19F2NO6/c1-3-26-16-10-12(4-9-15(16)28-19(20)21)18(24)27-11-17(23)22-13-5-7-14(25-2)8-6-13/h4-10,19H,3,11H2,1-2H3,(H,22,23). The predicted molar refractivity (Wildman–Crippen MR) is 96.1 cm³/mol. The van der Waals surface area contributed by atoms with Crippen LogP contribution in [0.3, 0.4) is 0 Å². The van der Waals surface area contributed by atoms with Crippen LogP contribution in [0.25, 0.3) is 0 Å². The molecule has 0 spiro atoms. The van der Waals surface area contributed by atoms with Gasteiger partial charge in [0.05, 0.1) is 19.3 Å². The Morgan fingerprint density at radius 2 is 1.79 bits per heavy atom. The molecule has 2 aromatic carbocycles. The van der Waals surface area contributed by atoms with Gasteiger partial charge in [-0.15, -0.1) is 0 Å². The number of halogens is 2. The lowest BCUT2D eigenvalue weighted by Crippen LogP contribution is -2.21. The van der Waals surface area contributed by atoms with Gasteiger partial charge in [0, 0.05) is 5.69 Å². The topological polar surface area (TPSA) is 83.1 Å². The maximum atomic E-state index is 12.4. The molecule has 0 saturated carbocycles. The second-order valence-corrected chi connectivity index (χ2v) is 5.33. The van der Waals surface area contributed by atoms with Crippen molar-refractivity contribution in [2.45, 2.75) is 13.5 Å². The highest BCUT2D eigenvalue weighted by Crippen LogP contribution is 2.30. The SMILES string of the molecule is CCOc1cc(C(=O)OCC(=O)Nc2ccc(OC)cc2)ccc1OC(F)F. The molecular formula is C19H19F2NO6. The lowest BCUT2D eigenvalue weighted by molar-refractivity contribution is -0.119. The summed E-state index contributed by atoms with van der Waals surface area (Å²) in [6, 6.07) is 10.2. The number of nitrogens with one attached hydrogen (secondary N) is 1. The monoisotopic (exact) mass is 395 g/mol. The Hall–Kier alpha value is -3.36. The first-order valence-electron chi connectivity index (χ1n) is 8.25. The molecule has 1 N–H and O–H groups in total. The van der Waals surface area contributed by atoms with Crippen LogP contribution >= 0.6 is 0 Å². The van der Waals surface area contributed by atoms with Crippen LogP contribution in [0, 0.1) is 0 Å². The molecule has 1 amide bonds. The molecule has 0 aromatic heterocycles. The van der Waals surface area contributed by atoms with E-state index in [4.69, 9.17) is 14.2 Å². The molecule has 0 aliphatic heterocycles. The van der Waals surface area contributed by atoms with Crippen molar-refractivity contribution in [3.8, 4) is 17.2 Å². The molecule has 0 saturated heterocycles. The minimum Gasteiger partial charge on any atom is -0.497 e. The number of rotatable bonds is 9. The Bertz CT molecular complexity index is 811. The van der Waals surface area contributed by atoms with Crippen molar-refractivity contribution in [3.05, 3.63) is 48.0 Å². The average molecular weight is 395 g/mol. The third kappa shape index (κ3) is 6.11. The average Bonchev–Trinajstić information content (AvgIpc) is 2.68. The highest BCUT2D eigenvalue weighted by Gasteiger charge is 2.16. The van der Waals surface area contributed by atoms with E-state index in [1.54, 1.807) is 31.2 Å². The number of esters is 1. The van der Waals surface area contributed by atoms with Gasteiger partial charge in [0.15, 0.2) is 18.1 Å². The Kier molecular flexibility index (Phi) is 7.55. The van der Waals surface area contributed by atoms with Crippen LogP contribution in [0.5, 0.6) is 17.2 Å². The highest BCUT2D eigenvalue weighted by molar-refractivity contribution is 5.95. The largest absolute Gasteiger partial charge is 0.497 e. The van der Waals surface area contributed by atoms with Gasteiger partial charge in [-0.2, -0.15) is 8.78 Å². The summed E-state index contributed by atoms with van der Waals surface area (Å²) in [5, 5.41) is 2.56. The van der Waals surface area contributed by atoms with Gasteiger partial charge in [-0.3, -0.25) is 4.79 Å². The lowest BCUT2D eigenvalue weighted by Gasteiger charge is -2.12. The summed E-state index contributed by atoms with van der Waals surface area (Å²) < 4.78 is 44.3. The minimum atomic E-state index is -3.03. The molecule has 2 aromatic rings. The fourth-order valence-electron chi connectivity index (χ4n) is 2.18. The van der Waals surface area contributed by atoms with E-state index >= 15 is 0 Å². The van der Waals surface area contributed by atoms with Gasteiger partial charge in [0.1, 0.15) is 5.75 Å². The number of hydrogen-bond donors (Lipinski definition) is 1. The van der Waals surface area contributed by atoms with Crippen molar-refractivity contribution in [3.63, 3.8) is 0 Å². The molecule has 0 aliphatic carbocycles. The maximum absolute atomic E-state index is 12.4. The number of alkyl halides is 2. The fraction of sp³-hybridized carbons (Fsp3) is 0.263. The van der Waals surface area contributed by atoms with E-state index in [0.717, 1.165) is 0 Å². The number of ether oxygens (including phenoxy) is 4.